The maximum absolute atomic E-state index is 13.7. The topological polar surface area (TPSA) is 48.9 Å². The molecule has 0 aliphatic heterocycles. The Balaban J connectivity index is 2.03. The zero-order valence-electron chi connectivity index (χ0n) is 11.9. The molecule has 1 aromatic heterocycles. The molecule has 0 saturated carbocycles. The van der Waals surface area contributed by atoms with E-state index in [1.807, 2.05) is 0 Å². The molecule has 4 rings (SSSR count). The fraction of sp³-hybridized carbons (Fsp3) is 0.235. The lowest BCUT2D eigenvalue weighted by Crippen LogP contribution is -2.46. The second-order valence-electron chi connectivity index (χ2n) is 5.84. The first kappa shape index (κ1) is 14.3. The van der Waals surface area contributed by atoms with E-state index in [0.717, 1.165) is 0 Å². The number of nitrogens with zero attached hydrogens (tertiary/aromatic N) is 1. The van der Waals surface area contributed by atoms with Gasteiger partial charge in [0.15, 0.2) is 5.60 Å². The lowest BCUT2D eigenvalue weighted by molar-refractivity contribution is -0.278. The van der Waals surface area contributed by atoms with Gasteiger partial charge >= 0.3 is 6.18 Å². The number of hydrogen-bond acceptors (Lipinski definition) is 2. The highest BCUT2D eigenvalue weighted by Crippen LogP contribution is 2.59. The molecule has 3 nitrogen and oxygen atoms in total. The number of aliphatic hydroxyl groups is 1. The molecule has 1 aromatic carbocycles. The average molecular weight is 318 g/mol. The summed E-state index contributed by atoms with van der Waals surface area (Å²) in [6, 6.07) is 4.67. The van der Waals surface area contributed by atoms with Crippen LogP contribution in [0.2, 0.25) is 0 Å². The average Bonchev–Trinajstić information content (AvgIpc) is 3.14. The Morgan fingerprint density at radius 3 is 2.65 bits per heavy atom. The van der Waals surface area contributed by atoms with Crippen molar-refractivity contribution < 1.29 is 18.3 Å². The fourth-order valence-corrected chi connectivity index (χ4v) is 3.71. The lowest BCUT2D eigenvalue weighted by atomic mass is 9.80. The number of fused-ring (bicyclic) bond motifs is 3. The van der Waals surface area contributed by atoms with E-state index in [1.54, 1.807) is 42.8 Å². The van der Waals surface area contributed by atoms with Crippen LogP contribution in [0.4, 0.5) is 13.2 Å². The van der Waals surface area contributed by atoms with E-state index >= 15 is 0 Å². The standard InChI is InChI=1S/C17H13F3N2O/c18-17(19,20)16(23)13-6-2-1-4-12(13)15-11(5-3-7-14(15)16)10-8-21-22-9-10/h1-9,12-13,23H,(H,21,22)/t12?,13-,16?/m0/s1. The number of hydrogen-bond donors (Lipinski definition) is 2. The number of rotatable bonds is 1. The van der Waals surface area contributed by atoms with Crippen LogP contribution >= 0.6 is 0 Å². The minimum Gasteiger partial charge on any atom is -0.376 e. The van der Waals surface area contributed by atoms with Crippen molar-refractivity contribution in [3.05, 3.63) is 66.0 Å². The summed E-state index contributed by atoms with van der Waals surface area (Å²) in [6.45, 7) is 0. The molecule has 2 aliphatic carbocycles. The Kier molecular flexibility index (Phi) is 2.84. The van der Waals surface area contributed by atoms with Gasteiger partial charge < -0.3 is 5.11 Å². The smallest absolute Gasteiger partial charge is 0.376 e. The molecule has 0 radical (unpaired) electrons. The molecule has 23 heavy (non-hydrogen) atoms. The van der Waals surface area contributed by atoms with E-state index in [-0.39, 0.29) is 5.56 Å². The van der Waals surface area contributed by atoms with Gasteiger partial charge in [-0.15, -0.1) is 0 Å². The summed E-state index contributed by atoms with van der Waals surface area (Å²) in [5.74, 6) is -1.58. The van der Waals surface area contributed by atoms with Gasteiger partial charge in [-0.1, -0.05) is 42.5 Å². The third-order valence-corrected chi connectivity index (χ3v) is 4.71. The van der Waals surface area contributed by atoms with Crippen LogP contribution in [0, 0.1) is 5.92 Å². The minimum atomic E-state index is -4.76. The molecule has 2 N–H and O–H groups in total. The summed E-state index contributed by atoms with van der Waals surface area (Å²) in [5.41, 5.74) is -1.08. The highest BCUT2D eigenvalue weighted by atomic mass is 19.4. The summed E-state index contributed by atoms with van der Waals surface area (Å²) >= 11 is 0. The van der Waals surface area contributed by atoms with Crippen LogP contribution in [0.15, 0.2) is 54.9 Å². The van der Waals surface area contributed by atoms with Crippen molar-refractivity contribution in [1.29, 1.82) is 0 Å². The van der Waals surface area contributed by atoms with Crippen molar-refractivity contribution in [1.82, 2.24) is 10.2 Å². The fourth-order valence-electron chi connectivity index (χ4n) is 3.71. The number of H-pyrrole nitrogens is 1. The van der Waals surface area contributed by atoms with Gasteiger partial charge in [0.05, 0.1) is 6.20 Å². The van der Waals surface area contributed by atoms with Gasteiger partial charge in [0.25, 0.3) is 0 Å². The molecule has 1 heterocycles. The Hall–Kier alpha value is -2.34. The molecule has 0 bridgehead atoms. The van der Waals surface area contributed by atoms with E-state index in [2.05, 4.69) is 10.2 Å². The van der Waals surface area contributed by atoms with Crippen LogP contribution in [0.5, 0.6) is 0 Å². The largest absolute Gasteiger partial charge is 0.422 e. The molecule has 0 fully saturated rings. The Labute approximate surface area is 130 Å². The van der Waals surface area contributed by atoms with Crippen LogP contribution < -0.4 is 0 Å². The molecular weight excluding hydrogens is 305 g/mol. The van der Waals surface area contributed by atoms with E-state index in [1.165, 1.54) is 12.1 Å². The number of nitrogens with one attached hydrogen (secondary N) is 1. The molecule has 0 spiro atoms. The maximum atomic E-state index is 13.7. The first-order valence-corrected chi connectivity index (χ1v) is 7.21. The normalized spacial score (nSPS) is 28.7. The zero-order chi connectivity index (χ0) is 16.2. The quantitative estimate of drug-likeness (QED) is 0.843. The van der Waals surface area contributed by atoms with Crippen LogP contribution in [0.1, 0.15) is 17.0 Å². The molecule has 3 atom stereocenters. The highest BCUT2D eigenvalue weighted by molar-refractivity contribution is 5.72. The summed E-state index contributed by atoms with van der Waals surface area (Å²) in [5, 5.41) is 17.2. The summed E-state index contributed by atoms with van der Waals surface area (Å²) in [4.78, 5) is 0. The van der Waals surface area contributed by atoms with Gasteiger partial charge in [-0.25, -0.2) is 0 Å². The molecule has 118 valence electrons. The van der Waals surface area contributed by atoms with Gasteiger partial charge in [-0.3, -0.25) is 5.10 Å². The van der Waals surface area contributed by atoms with Crippen LogP contribution in [0.25, 0.3) is 11.1 Å². The van der Waals surface area contributed by atoms with Crippen LogP contribution in [0.3, 0.4) is 0 Å². The van der Waals surface area contributed by atoms with E-state index < -0.39 is 23.6 Å². The predicted molar refractivity (Wildman–Crippen MR) is 78.5 cm³/mol. The van der Waals surface area contributed by atoms with Crippen molar-refractivity contribution in [2.45, 2.75) is 17.7 Å². The first-order chi connectivity index (χ1) is 10.9. The lowest BCUT2D eigenvalue weighted by Gasteiger charge is -2.33. The third kappa shape index (κ3) is 1.78. The van der Waals surface area contributed by atoms with Crippen molar-refractivity contribution in [2.75, 3.05) is 0 Å². The van der Waals surface area contributed by atoms with Crippen LogP contribution in [-0.2, 0) is 5.60 Å². The second kappa shape index (κ2) is 4.58. The Morgan fingerprint density at radius 2 is 1.96 bits per heavy atom. The van der Waals surface area contributed by atoms with Gasteiger partial charge in [0, 0.05) is 23.6 Å². The van der Waals surface area contributed by atoms with Gasteiger partial charge in [-0.2, -0.15) is 18.3 Å². The van der Waals surface area contributed by atoms with Crippen molar-refractivity contribution >= 4 is 0 Å². The summed E-state index contributed by atoms with van der Waals surface area (Å²) in [7, 11) is 0. The van der Waals surface area contributed by atoms with Gasteiger partial charge in [-0.05, 0) is 16.7 Å². The Bertz CT molecular complexity index is 808. The highest BCUT2D eigenvalue weighted by Gasteiger charge is 2.65. The SMILES string of the molecule is OC1(C(F)(F)F)c2cccc(-c3cn[nH]c3)c2C2C=CC=C[C@@H]21. The van der Waals surface area contributed by atoms with Crippen molar-refractivity contribution in [3.8, 4) is 11.1 Å². The molecular formula is C17H13F3N2O. The monoisotopic (exact) mass is 318 g/mol. The summed E-state index contributed by atoms with van der Waals surface area (Å²) < 4.78 is 41.2. The maximum Gasteiger partial charge on any atom is 0.422 e. The molecule has 6 heteroatoms. The first-order valence-electron chi connectivity index (χ1n) is 7.21. The van der Waals surface area contributed by atoms with Gasteiger partial charge in [0.2, 0.25) is 0 Å². The molecule has 2 aliphatic rings. The van der Waals surface area contributed by atoms with Gasteiger partial charge in [0.1, 0.15) is 0 Å². The van der Waals surface area contributed by atoms with E-state index in [4.69, 9.17) is 0 Å². The second-order valence-corrected chi connectivity index (χ2v) is 5.84. The zero-order valence-corrected chi connectivity index (χ0v) is 11.9. The van der Waals surface area contributed by atoms with Crippen LogP contribution in [-0.4, -0.2) is 21.5 Å². The predicted octanol–water partition coefficient (Wildman–Crippen LogP) is 3.67. The number of benzene rings is 1. The Morgan fingerprint density at radius 1 is 1.17 bits per heavy atom. The molecule has 0 saturated heterocycles. The van der Waals surface area contributed by atoms with E-state index in [9.17, 15) is 18.3 Å². The molecule has 2 unspecified atom stereocenters. The minimum absolute atomic E-state index is 0.0742. The summed E-state index contributed by atoms with van der Waals surface area (Å²) in [6.07, 6.45) is 4.89. The number of aromatic amines is 1. The number of allylic oxidation sites excluding steroid dienone is 3. The third-order valence-electron chi connectivity index (χ3n) is 4.71. The number of alkyl halides is 3. The van der Waals surface area contributed by atoms with Crippen molar-refractivity contribution in [3.63, 3.8) is 0 Å². The van der Waals surface area contributed by atoms with E-state index in [0.29, 0.717) is 16.7 Å². The molecule has 0 amide bonds. The molecule has 2 aromatic rings. The number of halogens is 3. The number of aromatic nitrogens is 2. The van der Waals surface area contributed by atoms with Crippen molar-refractivity contribution in [2.24, 2.45) is 5.92 Å².